The molecule has 9 nitrogen and oxygen atoms in total. The van der Waals surface area contributed by atoms with Crippen LogP contribution in [0.4, 0.5) is 11.4 Å². The maximum absolute atomic E-state index is 12.4. The highest BCUT2D eigenvalue weighted by atomic mass is 32.2. The molecule has 1 atom stereocenters. The Labute approximate surface area is 161 Å². The third-order valence-electron chi connectivity index (χ3n) is 3.75. The van der Waals surface area contributed by atoms with Crippen molar-refractivity contribution in [2.75, 3.05) is 11.0 Å². The van der Waals surface area contributed by atoms with Crippen LogP contribution in [0.1, 0.15) is 33.2 Å². The van der Waals surface area contributed by atoms with Crippen molar-refractivity contribution in [3.8, 4) is 0 Å². The van der Waals surface area contributed by atoms with E-state index < -0.39 is 32.8 Å². The van der Waals surface area contributed by atoms with Gasteiger partial charge in [-0.3, -0.25) is 19.6 Å². The van der Waals surface area contributed by atoms with Crippen molar-refractivity contribution in [2.45, 2.75) is 20.0 Å². The lowest BCUT2D eigenvalue weighted by atomic mass is 10.1. The molecule has 0 aliphatic carbocycles. The first kappa shape index (κ1) is 21.0. The number of nitro benzene ring substituents is 1. The lowest BCUT2D eigenvalue weighted by Crippen LogP contribution is -2.24. The van der Waals surface area contributed by atoms with Gasteiger partial charge in [-0.05, 0) is 50.2 Å². The fourth-order valence-corrected chi connectivity index (χ4v) is 2.98. The van der Waals surface area contributed by atoms with E-state index in [0.717, 1.165) is 6.26 Å². The van der Waals surface area contributed by atoms with Gasteiger partial charge in [-0.1, -0.05) is 0 Å². The maximum Gasteiger partial charge on any atom is 0.338 e. The van der Waals surface area contributed by atoms with Crippen LogP contribution in [0.25, 0.3) is 0 Å². The molecule has 0 amide bonds. The SMILES string of the molecule is Cc1cc(C(=O)OC(C)C(=O)c2ccc(NS(C)(=O)=O)cc2)ccc1[N+](=O)[O-]. The number of carbonyl (C=O) groups excluding carboxylic acids is 2. The third kappa shape index (κ3) is 5.36. The summed E-state index contributed by atoms with van der Waals surface area (Å²) < 4.78 is 29.8. The average molecular weight is 406 g/mol. The van der Waals surface area contributed by atoms with E-state index in [2.05, 4.69) is 4.72 Å². The summed E-state index contributed by atoms with van der Waals surface area (Å²) in [6, 6.07) is 9.45. The first-order valence-corrected chi connectivity index (χ1v) is 9.95. The Morgan fingerprint density at radius 1 is 1.11 bits per heavy atom. The quantitative estimate of drug-likeness (QED) is 0.323. The molecule has 0 aliphatic heterocycles. The molecule has 1 N–H and O–H groups in total. The number of rotatable bonds is 7. The Morgan fingerprint density at radius 3 is 2.18 bits per heavy atom. The number of carbonyl (C=O) groups is 2. The molecule has 2 aromatic carbocycles. The number of esters is 1. The second-order valence-electron chi connectivity index (χ2n) is 6.12. The normalized spacial score (nSPS) is 12.1. The van der Waals surface area contributed by atoms with Crippen molar-refractivity contribution < 1.29 is 27.7 Å². The molecule has 0 saturated carbocycles. The molecule has 2 aromatic rings. The van der Waals surface area contributed by atoms with E-state index >= 15 is 0 Å². The predicted octanol–water partition coefficient (Wildman–Crippen LogP) is 2.70. The maximum atomic E-state index is 12.4. The standard InChI is InChI=1S/C18H18N2O7S/c1-11-10-14(6-9-16(11)20(23)24)18(22)27-12(2)17(21)13-4-7-15(8-5-13)19-28(3,25)26/h4-10,12,19H,1-3H3. The highest BCUT2D eigenvalue weighted by Gasteiger charge is 2.22. The molecule has 2 rings (SSSR count). The van der Waals surface area contributed by atoms with E-state index in [4.69, 9.17) is 4.74 Å². The molecule has 0 bridgehead atoms. The zero-order chi connectivity index (χ0) is 21.1. The third-order valence-corrected chi connectivity index (χ3v) is 4.36. The van der Waals surface area contributed by atoms with Gasteiger partial charge in [0.15, 0.2) is 6.10 Å². The van der Waals surface area contributed by atoms with Gasteiger partial charge in [-0.25, -0.2) is 13.2 Å². The summed E-state index contributed by atoms with van der Waals surface area (Å²) in [5, 5.41) is 10.8. The summed E-state index contributed by atoms with van der Waals surface area (Å²) in [4.78, 5) is 34.9. The lowest BCUT2D eigenvalue weighted by molar-refractivity contribution is -0.385. The molecular formula is C18H18N2O7S. The van der Waals surface area contributed by atoms with Crippen molar-refractivity contribution in [3.63, 3.8) is 0 Å². The number of Topliss-reactive ketones (excluding diaryl/α,β-unsaturated/α-hetero) is 1. The van der Waals surface area contributed by atoms with Crippen molar-refractivity contribution >= 4 is 33.2 Å². The Hall–Kier alpha value is -3.27. The van der Waals surface area contributed by atoms with Gasteiger partial charge in [-0.15, -0.1) is 0 Å². The topological polar surface area (TPSA) is 133 Å². The van der Waals surface area contributed by atoms with Crippen LogP contribution in [0.5, 0.6) is 0 Å². The molecule has 0 heterocycles. The summed E-state index contributed by atoms with van der Waals surface area (Å²) in [6.07, 6.45) is -0.0928. The summed E-state index contributed by atoms with van der Waals surface area (Å²) >= 11 is 0. The monoisotopic (exact) mass is 406 g/mol. The van der Waals surface area contributed by atoms with Gasteiger partial charge < -0.3 is 4.74 Å². The van der Waals surface area contributed by atoms with Gasteiger partial charge in [-0.2, -0.15) is 0 Å². The number of ether oxygens (including phenoxy) is 1. The Morgan fingerprint density at radius 2 is 1.68 bits per heavy atom. The molecule has 148 valence electrons. The van der Waals surface area contributed by atoms with E-state index in [1.807, 2.05) is 0 Å². The Balaban J connectivity index is 2.08. The van der Waals surface area contributed by atoms with Gasteiger partial charge in [0.2, 0.25) is 15.8 Å². The second kappa shape index (κ2) is 8.17. The van der Waals surface area contributed by atoms with E-state index in [-0.39, 0.29) is 16.8 Å². The largest absolute Gasteiger partial charge is 0.451 e. The summed E-state index contributed by atoms with van der Waals surface area (Å²) in [6.45, 7) is 2.90. The van der Waals surface area contributed by atoms with Crippen molar-refractivity contribution in [1.82, 2.24) is 0 Å². The number of ketones is 1. The number of sulfonamides is 1. The average Bonchev–Trinajstić information content (AvgIpc) is 2.59. The van der Waals surface area contributed by atoms with Gasteiger partial charge in [0.05, 0.1) is 16.7 Å². The highest BCUT2D eigenvalue weighted by molar-refractivity contribution is 7.92. The fraction of sp³-hybridized carbons (Fsp3) is 0.222. The molecule has 0 aliphatic rings. The van der Waals surface area contributed by atoms with Crippen molar-refractivity contribution in [2.24, 2.45) is 0 Å². The minimum Gasteiger partial charge on any atom is -0.451 e. The number of nitrogens with one attached hydrogen (secondary N) is 1. The molecule has 0 saturated heterocycles. The summed E-state index contributed by atoms with van der Waals surface area (Å²) in [7, 11) is -3.43. The smallest absolute Gasteiger partial charge is 0.338 e. The lowest BCUT2D eigenvalue weighted by Gasteiger charge is -2.13. The number of benzene rings is 2. The fourth-order valence-electron chi connectivity index (χ4n) is 2.42. The van der Waals surface area contributed by atoms with Crippen LogP contribution in [0.2, 0.25) is 0 Å². The van der Waals surface area contributed by atoms with Crippen LogP contribution in [0.15, 0.2) is 42.5 Å². The zero-order valence-corrected chi connectivity index (χ0v) is 16.1. The summed E-state index contributed by atoms with van der Waals surface area (Å²) in [5.74, 6) is -1.26. The zero-order valence-electron chi connectivity index (χ0n) is 15.3. The van der Waals surface area contributed by atoms with Crippen LogP contribution >= 0.6 is 0 Å². The van der Waals surface area contributed by atoms with E-state index in [1.54, 1.807) is 0 Å². The number of anilines is 1. The van der Waals surface area contributed by atoms with Gasteiger partial charge in [0.1, 0.15) is 0 Å². The second-order valence-corrected chi connectivity index (χ2v) is 7.87. The number of hydrogen-bond donors (Lipinski definition) is 1. The van der Waals surface area contributed by atoms with Crippen molar-refractivity contribution in [3.05, 3.63) is 69.3 Å². The summed E-state index contributed by atoms with van der Waals surface area (Å²) in [5.41, 5.74) is 0.801. The van der Waals surface area contributed by atoms with Crippen LogP contribution in [0, 0.1) is 17.0 Å². The number of hydrogen-bond acceptors (Lipinski definition) is 7. The first-order valence-electron chi connectivity index (χ1n) is 8.06. The minimum atomic E-state index is -3.43. The van der Waals surface area contributed by atoms with E-state index in [0.29, 0.717) is 11.3 Å². The molecule has 10 heteroatoms. The van der Waals surface area contributed by atoms with Gasteiger partial charge >= 0.3 is 5.97 Å². The molecule has 0 fully saturated rings. The van der Waals surface area contributed by atoms with Crippen LogP contribution in [-0.2, 0) is 14.8 Å². The molecule has 1 unspecified atom stereocenters. The Kier molecular flexibility index (Phi) is 6.14. The van der Waals surface area contributed by atoms with Gasteiger partial charge in [0.25, 0.3) is 5.69 Å². The molecular weight excluding hydrogens is 388 g/mol. The Bertz CT molecular complexity index is 1030. The van der Waals surface area contributed by atoms with Crippen LogP contribution in [-0.4, -0.2) is 37.5 Å². The van der Waals surface area contributed by atoms with E-state index in [1.165, 1.54) is 56.3 Å². The molecule has 0 spiro atoms. The predicted molar refractivity (Wildman–Crippen MR) is 102 cm³/mol. The highest BCUT2D eigenvalue weighted by Crippen LogP contribution is 2.20. The van der Waals surface area contributed by atoms with Gasteiger partial charge in [0, 0.05) is 22.9 Å². The number of nitrogens with zero attached hydrogens (tertiary/aromatic N) is 1. The molecule has 0 aromatic heterocycles. The van der Waals surface area contributed by atoms with Crippen LogP contribution < -0.4 is 4.72 Å². The minimum absolute atomic E-state index is 0.0930. The molecule has 28 heavy (non-hydrogen) atoms. The number of aryl methyl sites for hydroxylation is 1. The van der Waals surface area contributed by atoms with E-state index in [9.17, 15) is 28.1 Å². The van der Waals surface area contributed by atoms with Crippen molar-refractivity contribution in [1.29, 1.82) is 0 Å². The van der Waals surface area contributed by atoms with Crippen LogP contribution in [0.3, 0.4) is 0 Å². The molecule has 0 radical (unpaired) electrons. The number of nitro groups is 1. The first-order chi connectivity index (χ1) is 13.0.